The number of nitrogens with zero attached hydrogens (tertiary/aromatic N) is 2. The molecule has 1 aliphatic heterocycles. The number of thiazole rings is 1. The molecule has 1 aromatic carbocycles. The molecule has 0 fully saturated rings. The predicted molar refractivity (Wildman–Crippen MR) is 107 cm³/mol. The summed E-state index contributed by atoms with van der Waals surface area (Å²) in [5.74, 6) is -0.207. The van der Waals surface area contributed by atoms with Crippen molar-refractivity contribution < 1.29 is 13.2 Å². The first-order valence-electron chi connectivity index (χ1n) is 8.02. The van der Waals surface area contributed by atoms with Crippen LogP contribution in [0.1, 0.15) is 20.2 Å². The van der Waals surface area contributed by atoms with Gasteiger partial charge in [0, 0.05) is 22.9 Å². The topological polar surface area (TPSA) is 79.4 Å². The number of nitrogens with one attached hydrogen (secondary N) is 1. The Hall–Kier alpha value is -1.78. The lowest BCUT2D eigenvalue weighted by molar-refractivity contribution is 0.103. The summed E-state index contributed by atoms with van der Waals surface area (Å²) in [4.78, 5) is 18.3. The Labute approximate surface area is 169 Å². The van der Waals surface area contributed by atoms with Crippen molar-refractivity contribution in [1.82, 2.24) is 9.29 Å². The Morgan fingerprint density at radius 3 is 2.70 bits per heavy atom. The quantitative estimate of drug-likeness (QED) is 0.669. The van der Waals surface area contributed by atoms with Crippen LogP contribution in [0, 0.1) is 0 Å². The molecule has 4 rings (SSSR count). The summed E-state index contributed by atoms with van der Waals surface area (Å²) in [7, 11) is -3.60. The minimum absolute atomic E-state index is 0.207. The number of hydrogen-bond acceptors (Lipinski definition) is 6. The van der Waals surface area contributed by atoms with Gasteiger partial charge in [0.2, 0.25) is 10.0 Å². The Morgan fingerprint density at radius 1 is 1.22 bits per heavy atom. The molecule has 3 heterocycles. The fourth-order valence-electron chi connectivity index (χ4n) is 2.75. The van der Waals surface area contributed by atoms with E-state index in [-0.39, 0.29) is 17.3 Å². The molecule has 0 spiro atoms. The molecular formula is C17H14ClN3O3S3. The van der Waals surface area contributed by atoms with Crippen molar-refractivity contribution in [2.45, 2.75) is 17.9 Å². The first-order valence-corrected chi connectivity index (χ1v) is 11.5. The Kier molecular flexibility index (Phi) is 5.04. The van der Waals surface area contributed by atoms with Gasteiger partial charge in [0.25, 0.3) is 5.91 Å². The van der Waals surface area contributed by atoms with E-state index in [2.05, 4.69) is 10.3 Å². The first kappa shape index (κ1) is 18.6. The molecule has 0 unspecified atom stereocenters. The molecule has 3 aromatic rings. The van der Waals surface area contributed by atoms with E-state index in [1.807, 2.05) is 11.4 Å². The van der Waals surface area contributed by atoms with Crippen molar-refractivity contribution in [1.29, 1.82) is 0 Å². The second-order valence-electron chi connectivity index (χ2n) is 5.86. The Bertz CT molecular complexity index is 1080. The summed E-state index contributed by atoms with van der Waals surface area (Å²) in [6.45, 7) is 0.590. The van der Waals surface area contributed by atoms with Crippen LogP contribution in [0.15, 0.2) is 46.7 Å². The standard InChI is InChI=1S/C17H14ClN3O3S3/c18-11-3-5-12(6-4-11)27(23,24)21-8-7-13-15(10-21)26-17(19-13)20-16(22)14-2-1-9-25-14/h1-6,9H,7-8,10H2,(H,19,20,22). The molecule has 0 saturated carbocycles. The summed E-state index contributed by atoms with van der Waals surface area (Å²) in [6.07, 6.45) is 0.507. The monoisotopic (exact) mass is 439 g/mol. The van der Waals surface area contributed by atoms with Crippen LogP contribution in [0.2, 0.25) is 5.02 Å². The third-order valence-electron chi connectivity index (χ3n) is 4.11. The van der Waals surface area contributed by atoms with Crippen LogP contribution in [0.4, 0.5) is 5.13 Å². The van der Waals surface area contributed by atoms with Crippen LogP contribution in [-0.2, 0) is 23.0 Å². The van der Waals surface area contributed by atoms with Crippen molar-refractivity contribution in [3.05, 3.63) is 62.2 Å². The molecule has 27 heavy (non-hydrogen) atoms. The number of fused-ring (bicyclic) bond motifs is 1. The van der Waals surface area contributed by atoms with Crippen LogP contribution >= 0.6 is 34.3 Å². The van der Waals surface area contributed by atoms with E-state index in [0.29, 0.717) is 28.0 Å². The maximum atomic E-state index is 12.8. The van der Waals surface area contributed by atoms with Gasteiger partial charge >= 0.3 is 0 Å². The molecule has 1 aliphatic rings. The average molecular weight is 440 g/mol. The van der Waals surface area contributed by atoms with Crippen LogP contribution in [0.25, 0.3) is 0 Å². The number of rotatable bonds is 4. The maximum Gasteiger partial charge on any atom is 0.267 e. The van der Waals surface area contributed by atoms with E-state index in [4.69, 9.17) is 11.6 Å². The molecule has 0 bridgehead atoms. The lowest BCUT2D eigenvalue weighted by atomic mass is 10.2. The molecule has 1 N–H and O–H groups in total. The van der Waals surface area contributed by atoms with E-state index in [1.165, 1.54) is 39.1 Å². The van der Waals surface area contributed by atoms with Crippen molar-refractivity contribution in [3.8, 4) is 0 Å². The van der Waals surface area contributed by atoms with E-state index in [9.17, 15) is 13.2 Å². The average Bonchev–Trinajstić information content (AvgIpc) is 3.30. The van der Waals surface area contributed by atoms with Gasteiger partial charge in [-0.3, -0.25) is 10.1 Å². The second kappa shape index (κ2) is 7.33. The van der Waals surface area contributed by atoms with Crippen molar-refractivity contribution in [3.63, 3.8) is 0 Å². The molecule has 10 heteroatoms. The number of amides is 1. The Balaban J connectivity index is 1.52. The highest BCUT2D eigenvalue weighted by Gasteiger charge is 2.30. The second-order valence-corrected chi connectivity index (χ2v) is 10.3. The summed E-state index contributed by atoms with van der Waals surface area (Å²) >= 11 is 8.52. The summed E-state index contributed by atoms with van der Waals surface area (Å²) in [6, 6.07) is 9.70. The van der Waals surface area contributed by atoms with Gasteiger partial charge in [-0.2, -0.15) is 4.31 Å². The number of thiophene rings is 1. The summed E-state index contributed by atoms with van der Waals surface area (Å²) in [5.41, 5.74) is 0.837. The molecule has 0 saturated heterocycles. The Morgan fingerprint density at radius 2 is 2.00 bits per heavy atom. The summed E-state index contributed by atoms with van der Waals surface area (Å²) in [5, 5.41) is 5.60. The van der Waals surface area contributed by atoms with Gasteiger partial charge in [-0.1, -0.05) is 17.7 Å². The van der Waals surface area contributed by atoms with Gasteiger partial charge in [-0.15, -0.1) is 22.7 Å². The molecule has 0 atom stereocenters. The third kappa shape index (κ3) is 3.78. The molecule has 0 radical (unpaired) electrons. The summed E-state index contributed by atoms with van der Waals surface area (Å²) < 4.78 is 27.1. The molecule has 140 valence electrons. The number of aromatic nitrogens is 1. The number of hydrogen-bond donors (Lipinski definition) is 1. The number of carbonyl (C=O) groups excluding carboxylic acids is 1. The smallest absolute Gasteiger partial charge is 0.267 e. The zero-order valence-corrected chi connectivity index (χ0v) is 17.1. The molecule has 1 amide bonds. The highest BCUT2D eigenvalue weighted by atomic mass is 35.5. The van der Waals surface area contributed by atoms with Gasteiger partial charge in [0.1, 0.15) is 0 Å². The number of anilines is 1. The van der Waals surface area contributed by atoms with Crippen LogP contribution in [0.3, 0.4) is 0 Å². The van der Waals surface area contributed by atoms with E-state index in [0.717, 1.165) is 10.6 Å². The van der Waals surface area contributed by atoms with E-state index >= 15 is 0 Å². The van der Waals surface area contributed by atoms with E-state index in [1.54, 1.807) is 18.2 Å². The number of sulfonamides is 1. The highest BCUT2D eigenvalue weighted by Crippen LogP contribution is 2.31. The lowest BCUT2D eigenvalue weighted by Crippen LogP contribution is -2.35. The van der Waals surface area contributed by atoms with Crippen molar-refractivity contribution >= 4 is 55.3 Å². The number of carbonyl (C=O) groups is 1. The lowest BCUT2D eigenvalue weighted by Gasteiger charge is -2.25. The SMILES string of the molecule is O=C(Nc1nc2c(s1)CN(S(=O)(=O)c1ccc(Cl)cc1)CC2)c1cccs1. The maximum absolute atomic E-state index is 12.8. The fraction of sp³-hybridized carbons (Fsp3) is 0.176. The first-order chi connectivity index (χ1) is 12.9. The molecule has 6 nitrogen and oxygen atoms in total. The zero-order valence-electron chi connectivity index (χ0n) is 13.9. The third-order valence-corrected chi connectivity index (χ3v) is 8.09. The van der Waals surface area contributed by atoms with Crippen LogP contribution in [-0.4, -0.2) is 30.2 Å². The normalized spacial score (nSPS) is 14.7. The van der Waals surface area contributed by atoms with Gasteiger partial charge in [0.05, 0.1) is 22.0 Å². The number of benzene rings is 1. The fourth-order valence-corrected chi connectivity index (χ4v) is 6.01. The molecule has 2 aromatic heterocycles. The van der Waals surface area contributed by atoms with Crippen LogP contribution < -0.4 is 5.32 Å². The minimum atomic E-state index is -3.60. The van der Waals surface area contributed by atoms with Crippen molar-refractivity contribution in [2.75, 3.05) is 11.9 Å². The van der Waals surface area contributed by atoms with Gasteiger partial charge in [0.15, 0.2) is 5.13 Å². The van der Waals surface area contributed by atoms with E-state index < -0.39 is 10.0 Å². The largest absolute Gasteiger partial charge is 0.297 e. The number of halogens is 1. The van der Waals surface area contributed by atoms with Crippen LogP contribution in [0.5, 0.6) is 0 Å². The minimum Gasteiger partial charge on any atom is -0.297 e. The predicted octanol–water partition coefficient (Wildman–Crippen LogP) is 3.86. The van der Waals surface area contributed by atoms with Gasteiger partial charge in [-0.05, 0) is 35.7 Å². The van der Waals surface area contributed by atoms with Gasteiger partial charge in [-0.25, -0.2) is 13.4 Å². The van der Waals surface area contributed by atoms with Gasteiger partial charge < -0.3 is 0 Å². The molecule has 0 aliphatic carbocycles. The molecular weight excluding hydrogens is 426 g/mol. The zero-order chi connectivity index (χ0) is 19.0. The highest BCUT2D eigenvalue weighted by molar-refractivity contribution is 7.89. The van der Waals surface area contributed by atoms with Crippen molar-refractivity contribution in [2.24, 2.45) is 0 Å².